The first-order valence-electron chi connectivity index (χ1n) is 7.25. The van der Waals surface area contributed by atoms with Gasteiger partial charge in [-0.3, -0.25) is 9.59 Å². The number of ether oxygens (including phenoxy) is 1. The van der Waals surface area contributed by atoms with Crippen molar-refractivity contribution in [2.24, 2.45) is 5.73 Å². The largest absolute Gasteiger partial charge is 0.364 e. The van der Waals surface area contributed by atoms with Crippen molar-refractivity contribution in [2.75, 3.05) is 17.2 Å². The molecule has 0 aliphatic carbocycles. The zero-order chi connectivity index (χ0) is 14.8. The molecule has 112 valence electrons. The summed E-state index contributed by atoms with van der Waals surface area (Å²) < 4.78 is 5.57. The molecule has 6 heteroatoms. The summed E-state index contributed by atoms with van der Waals surface area (Å²) in [5.41, 5.74) is 8.07. The fourth-order valence-corrected chi connectivity index (χ4v) is 2.74. The van der Waals surface area contributed by atoms with Gasteiger partial charge in [0.1, 0.15) is 6.10 Å². The second kappa shape index (κ2) is 5.83. The Morgan fingerprint density at radius 2 is 2.24 bits per heavy atom. The number of nitrogens with one attached hydrogen (secondary N) is 2. The first-order valence-corrected chi connectivity index (χ1v) is 7.25. The second-order valence-corrected chi connectivity index (χ2v) is 5.47. The van der Waals surface area contributed by atoms with Gasteiger partial charge in [-0.05, 0) is 37.0 Å². The molecular weight excluding hydrogens is 270 g/mol. The van der Waals surface area contributed by atoms with Crippen LogP contribution in [0.4, 0.5) is 11.4 Å². The highest BCUT2D eigenvalue weighted by Crippen LogP contribution is 2.27. The molecule has 0 radical (unpaired) electrons. The van der Waals surface area contributed by atoms with Crippen LogP contribution in [-0.2, 0) is 20.7 Å². The number of benzene rings is 1. The predicted molar refractivity (Wildman–Crippen MR) is 79.0 cm³/mol. The number of nitrogens with two attached hydrogens (primary N) is 1. The van der Waals surface area contributed by atoms with Crippen molar-refractivity contribution in [1.29, 1.82) is 0 Å². The zero-order valence-corrected chi connectivity index (χ0v) is 11.7. The maximum absolute atomic E-state index is 12.1. The summed E-state index contributed by atoms with van der Waals surface area (Å²) in [6.45, 7) is 0.439. The van der Waals surface area contributed by atoms with E-state index >= 15 is 0 Å². The molecule has 0 saturated carbocycles. The molecule has 0 unspecified atom stereocenters. The summed E-state index contributed by atoms with van der Waals surface area (Å²) in [5, 5.41) is 5.66. The molecule has 6 nitrogen and oxygen atoms in total. The first kappa shape index (κ1) is 14.0. The highest BCUT2D eigenvalue weighted by molar-refractivity contribution is 5.97. The summed E-state index contributed by atoms with van der Waals surface area (Å²) in [6, 6.07) is 5.58. The van der Waals surface area contributed by atoms with E-state index in [1.54, 1.807) is 6.07 Å². The van der Waals surface area contributed by atoms with Gasteiger partial charge in [-0.1, -0.05) is 6.07 Å². The number of carbonyl (C=O) groups is 2. The van der Waals surface area contributed by atoms with E-state index in [9.17, 15) is 9.59 Å². The van der Waals surface area contributed by atoms with Crippen molar-refractivity contribution in [1.82, 2.24) is 0 Å². The molecular formula is C15H19N3O3. The van der Waals surface area contributed by atoms with Crippen molar-refractivity contribution in [3.8, 4) is 0 Å². The van der Waals surface area contributed by atoms with Crippen molar-refractivity contribution >= 4 is 23.2 Å². The molecule has 2 heterocycles. The Morgan fingerprint density at radius 3 is 3.00 bits per heavy atom. The van der Waals surface area contributed by atoms with E-state index in [-0.39, 0.29) is 17.9 Å². The second-order valence-electron chi connectivity index (χ2n) is 5.47. The van der Waals surface area contributed by atoms with E-state index in [1.165, 1.54) is 0 Å². The van der Waals surface area contributed by atoms with E-state index in [1.807, 2.05) is 12.1 Å². The molecule has 1 fully saturated rings. The molecule has 0 bridgehead atoms. The Labute approximate surface area is 123 Å². The van der Waals surface area contributed by atoms with Gasteiger partial charge in [0.05, 0.1) is 6.10 Å². The number of aryl methyl sites for hydroxylation is 1. The normalized spacial score (nSPS) is 24.3. The van der Waals surface area contributed by atoms with Gasteiger partial charge in [-0.25, -0.2) is 0 Å². The third kappa shape index (κ3) is 3.06. The number of carbonyl (C=O) groups excluding carboxylic acids is 2. The Bertz CT molecular complexity index is 573. The molecule has 1 aromatic rings. The number of amides is 2. The lowest BCUT2D eigenvalue weighted by Crippen LogP contribution is -2.30. The monoisotopic (exact) mass is 289 g/mol. The summed E-state index contributed by atoms with van der Waals surface area (Å²) in [5.74, 6) is -0.149. The van der Waals surface area contributed by atoms with E-state index in [0.29, 0.717) is 25.1 Å². The van der Waals surface area contributed by atoms with Crippen LogP contribution in [0, 0.1) is 0 Å². The molecule has 1 aromatic carbocycles. The van der Waals surface area contributed by atoms with Gasteiger partial charge in [0.2, 0.25) is 5.91 Å². The molecule has 3 rings (SSSR count). The summed E-state index contributed by atoms with van der Waals surface area (Å²) in [7, 11) is 0. The molecule has 21 heavy (non-hydrogen) atoms. The van der Waals surface area contributed by atoms with Gasteiger partial charge in [-0.15, -0.1) is 0 Å². The van der Waals surface area contributed by atoms with Gasteiger partial charge < -0.3 is 21.1 Å². The van der Waals surface area contributed by atoms with Crippen molar-refractivity contribution in [3.63, 3.8) is 0 Å². The van der Waals surface area contributed by atoms with E-state index < -0.39 is 6.10 Å². The molecule has 0 aromatic heterocycles. The lowest BCUT2D eigenvalue weighted by atomic mass is 10.0. The van der Waals surface area contributed by atoms with Crippen molar-refractivity contribution in [2.45, 2.75) is 37.9 Å². The molecule has 1 saturated heterocycles. The Hall–Kier alpha value is -1.92. The van der Waals surface area contributed by atoms with Gasteiger partial charge in [0.15, 0.2) is 0 Å². The molecule has 4 N–H and O–H groups in total. The number of rotatable bonds is 3. The van der Waals surface area contributed by atoms with Crippen LogP contribution in [0.1, 0.15) is 24.8 Å². The summed E-state index contributed by atoms with van der Waals surface area (Å²) >= 11 is 0. The van der Waals surface area contributed by atoms with E-state index in [2.05, 4.69) is 10.6 Å². The minimum Gasteiger partial charge on any atom is -0.364 e. The van der Waals surface area contributed by atoms with Gasteiger partial charge in [-0.2, -0.15) is 0 Å². The summed E-state index contributed by atoms with van der Waals surface area (Å²) in [4.78, 5) is 23.6. The fraction of sp³-hybridized carbons (Fsp3) is 0.467. The minimum absolute atomic E-state index is 0.0101. The van der Waals surface area contributed by atoms with Crippen LogP contribution < -0.4 is 16.4 Å². The predicted octanol–water partition coefficient (Wildman–Crippen LogP) is 1.02. The average molecular weight is 289 g/mol. The average Bonchev–Trinajstić information content (AvgIpc) is 2.96. The summed E-state index contributed by atoms with van der Waals surface area (Å²) in [6.07, 6.45) is 2.28. The maximum Gasteiger partial charge on any atom is 0.253 e. The fourth-order valence-electron chi connectivity index (χ4n) is 2.74. The quantitative estimate of drug-likeness (QED) is 0.774. The standard InChI is InChI=1S/C15H19N3O3/c16-8-11-4-5-13(21-11)15(20)17-10-3-1-9-2-6-14(19)18-12(9)7-10/h1,3,7,11,13H,2,4-6,8,16H2,(H,17,20)(H,18,19)/t11-,13+/m1/s1. The van der Waals surface area contributed by atoms with Gasteiger partial charge in [0, 0.05) is 24.3 Å². The molecule has 2 atom stereocenters. The van der Waals surface area contributed by atoms with Crippen LogP contribution in [0.3, 0.4) is 0 Å². The number of hydrogen-bond donors (Lipinski definition) is 3. The third-order valence-corrected chi connectivity index (χ3v) is 3.94. The van der Waals surface area contributed by atoms with Crippen LogP contribution >= 0.6 is 0 Å². The van der Waals surface area contributed by atoms with Crippen LogP contribution in [0.15, 0.2) is 18.2 Å². The highest BCUT2D eigenvalue weighted by Gasteiger charge is 2.30. The van der Waals surface area contributed by atoms with Crippen molar-refractivity contribution < 1.29 is 14.3 Å². The maximum atomic E-state index is 12.1. The van der Waals surface area contributed by atoms with Gasteiger partial charge >= 0.3 is 0 Å². The lowest BCUT2D eigenvalue weighted by Gasteiger charge is -2.18. The molecule has 0 spiro atoms. The third-order valence-electron chi connectivity index (χ3n) is 3.94. The van der Waals surface area contributed by atoms with Crippen molar-refractivity contribution in [3.05, 3.63) is 23.8 Å². The lowest BCUT2D eigenvalue weighted by molar-refractivity contribution is -0.126. The van der Waals surface area contributed by atoms with Crippen LogP contribution in [0.2, 0.25) is 0 Å². The first-order chi connectivity index (χ1) is 10.2. The Balaban J connectivity index is 1.66. The molecule has 2 aliphatic heterocycles. The SMILES string of the molecule is NC[C@H]1CC[C@@H](C(=O)Nc2ccc3c(c2)NC(=O)CC3)O1. The van der Waals surface area contributed by atoms with Gasteiger partial charge in [0.25, 0.3) is 5.91 Å². The molecule has 2 aliphatic rings. The van der Waals surface area contributed by atoms with Crippen LogP contribution in [-0.4, -0.2) is 30.6 Å². The van der Waals surface area contributed by atoms with E-state index in [0.717, 1.165) is 24.1 Å². The zero-order valence-electron chi connectivity index (χ0n) is 11.7. The Kier molecular flexibility index (Phi) is 3.90. The number of anilines is 2. The van der Waals surface area contributed by atoms with Crippen LogP contribution in [0.25, 0.3) is 0 Å². The Morgan fingerprint density at radius 1 is 1.38 bits per heavy atom. The number of hydrogen-bond acceptors (Lipinski definition) is 4. The van der Waals surface area contributed by atoms with E-state index in [4.69, 9.17) is 10.5 Å². The minimum atomic E-state index is -0.441. The number of fused-ring (bicyclic) bond motifs is 1. The topological polar surface area (TPSA) is 93.5 Å². The smallest absolute Gasteiger partial charge is 0.253 e. The molecule has 2 amide bonds. The highest BCUT2D eigenvalue weighted by atomic mass is 16.5. The van der Waals surface area contributed by atoms with Crippen LogP contribution in [0.5, 0.6) is 0 Å².